The van der Waals surface area contributed by atoms with E-state index in [0.29, 0.717) is 25.2 Å². The summed E-state index contributed by atoms with van der Waals surface area (Å²) in [6, 6.07) is 1.04. The number of carbonyl (C=O) groups is 1. The summed E-state index contributed by atoms with van der Waals surface area (Å²) >= 11 is 0. The van der Waals surface area contributed by atoms with Crippen molar-refractivity contribution >= 4 is 11.7 Å². The molecule has 24 heavy (non-hydrogen) atoms. The van der Waals surface area contributed by atoms with Crippen LogP contribution in [-0.4, -0.2) is 56.4 Å². The fourth-order valence-electron chi connectivity index (χ4n) is 3.59. The van der Waals surface area contributed by atoms with Gasteiger partial charge in [-0.15, -0.1) is 0 Å². The first-order valence-corrected chi connectivity index (χ1v) is 8.60. The summed E-state index contributed by atoms with van der Waals surface area (Å²) in [6.07, 6.45) is 10.3. The van der Waals surface area contributed by atoms with Crippen LogP contribution in [0.3, 0.4) is 0 Å². The van der Waals surface area contributed by atoms with Crippen LogP contribution >= 0.6 is 0 Å². The van der Waals surface area contributed by atoms with Gasteiger partial charge in [0.05, 0.1) is 29.9 Å². The molecule has 4 heterocycles. The van der Waals surface area contributed by atoms with Gasteiger partial charge in [0, 0.05) is 51.2 Å². The first kappa shape index (κ1) is 14.0. The molecule has 8 heteroatoms. The highest BCUT2D eigenvalue weighted by Gasteiger charge is 2.32. The Morgan fingerprint density at radius 1 is 1.21 bits per heavy atom. The van der Waals surface area contributed by atoms with Crippen LogP contribution in [0, 0.1) is 0 Å². The Balaban J connectivity index is 1.20. The summed E-state index contributed by atoms with van der Waals surface area (Å²) in [4.78, 5) is 20.2. The maximum Gasteiger partial charge on any atom is 0.322 e. The number of rotatable bonds is 5. The number of carbonyl (C=O) groups excluding carboxylic acids is 1. The molecule has 2 aromatic heterocycles. The Bertz CT molecular complexity index is 756. The number of hydrogen-bond donors (Lipinski definition) is 1. The van der Waals surface area contributed by atoms with Crippen LogP contribution in [0.15, 0.2) is 24.9 Å². The normalized spacial score (nSPS) is 22.0. The quantitative estimate of drug-likeness (QED) is 0.889. The molecule has 0 bridgehead atoms. The van der Waals surface area contributed by atoms with E-state index in [0.717, 1.165) is 25.3 Å². The summed E-state index contributed by atoms with van der Waals surface area (Å²) in [5.74, 6) is 0. The number of anilines is 1. The fourth-order valence-corrected chi connectivity index (χ4v) is 3.59. The minimum Gasteiger partial charge on any atom is -0.336 e. The van der Waals surface area contributed by atoms with E-state index in [-0.39, 0.29) is 6.03 Å². The lowest BCUT2D eigenvalue weighted by molar-refractivity contribution is 0.0883. The van der Waals surface area contributed by atoms with Gasteiger partial charge < -0.3 is 9.88 Å². The Hall–Kier alpha value is -2.35. The smallest absolute Gasteiger partial charge is 0.322 e. The zero-order chi connectivity index (χ0) is 16.1. The highest BCUT2D eigenvalue weighted by atomic mass is 16.2. The molecule has 1 N–H and O–H groups in total. The van der Waals surface area contributed by atoms with E-state index in [1.54, 1.807) is 11.1 Å². The lowest BCUT2D eigenvalue weighted by Gasteiger charge is -2.39. The van der Waals surface area contributed by atoms with Crippen molar-refractivity contribution in [3.05, 3.63) is 30.6 Å². The van der Waals surface area contributed by atoms with Crippen molar-refractivity contribution in [1.82, 2.24) is 29.5 Å². The van der Waals surface area contributed by atoms with Gasteiger partial charge in [0.1, 0.15) is 0 Å². The predicted octanol–water partition coefficient (Wildman–Crippen LogP) is 1.00. The van der Waals surface area contributed by atoms with Gasteiger partial charge >= 0.3 is 6.03 Å². The minimum absolute atomic E-state index is 0.0295. The first-order chi connectivity index (χ1) is 11.8. The van der Waals surface area contributed by atoms with Crippen LogP contribution in [0.5, 0.6) is 0 Å². The van der Waals surface area contributed by atoms with E-state index in [1.165, 1.54) is 18.5 Å². The summed E-state index contributed by atoms with van der Waals surface area (Å²) in [5.41, 5.74) is 2.20. The number of nitrogens with one attached hydrogen (secondary N) is 1. The molecule has 2 amide bonds. The van der Waals surface area contributed by atoms with Gasteiger partial charge in [0.15, 0.2) is 0 Å². The largest absolute Gasteiger partial charge is 0.336 e. The minimum atomic E-state index is -0.0295. The molecule has 0 aromatic carbocycles. The Kier molecular flexibility index (Phi) is 3.12. The third-order valence-electron chi connectivity index (χ3n) is 5.14. The van der Waals surface area contributed by atoms with E-state index in [1.807, 2.05) is 23.4 Å². The van der Waals surface area contributed by atoms with E-state index >= 15 is 0 Å². The topological polar surface area (TPSA) is 71.2 Å². The molecule has 0 atom stereocenters. The lowest BCUT2D eigenvalue weighted by atomic mass is 10.1. The molecular formula is C16H21N7O. The monoisotopic (exact) mass is 327 g/mol. The van der Waals surface area contributed by atoms with Crippen LogP contribution < -0.4 is 10.2 Å². The van der Waals surface area contributed by atoms with Crippen LogP contribution in [-0.2, 0) is 6.54 Å². The van der Waals surface area contributed by atoms with Gasteiger partial charge in [-0.1, -0.05) is 0 Å². The molecule has 2 aromatic rings. The number of hydrogen-bond acceptors (Lipinski definition) is 4. The van der Waals surface area contributed by atoms with Crippen molar-refractivity contribution < 1.29 is 4.79 Å². The summed E-state index contributed by atoms with van der Waals surface area (Å²) < 4.78 is 4.32. The zero-order valence-electron chi connectivity index (χ0n) is 13.5. The molecule has 126 valence electrons. The van der Waals surface area contributed by atoms with Crippen LogP contribution in [0.2, 0.25) is 0 Å². The van der Waals surface area contributed by atoms with Gasteiger partial charge in [-0.25, -0.2) is 9.78 Å². The standard InChI is InChI=1S/C16H21N7O/c24-16-18-3-4-21(16)14-6-19-23(10-14)15-8-20(9-15)7-13-5-17-11-22(13)12-1-2-12/h5-6,10-12,15H,1-4,7-9H2,(H,18,24). The van der Waals surface area contributed by atoms with E-state index in [4.69, 9.17) is 0 Å². The molecule has 5 rings (SSSR count). The summed E-state index contributed by atoms with van der Waals surface area (Å²) in [6.45, 7) is 4.35. The molecule has 3 fully saturated rings. The van der Waals surface area contributed by atoms with Crippen molar-refractivity contribution in [3.63, 3.8) is 0 Å². The van der Waals surface area contributed by atoms with Gasteiger partial charge in [0.25, 0.3) is 0 Å². The molecule has 0 spiro atoms. The maximum atomic E-state index is 11.7. The van der Waals surface area contributed by atoms with E-state index in [2.05, 4.69) is 24.9 Å². The van der Waals surface area contributed by atoms with Gasteiger partial charge in [-0.2, -0.15) is 5.10 Å². The summed E-state index contributed by atoms with van der Waals surface area (Å²) in [5, 5.41) is 7.27. The highest BCUT2D eigenvalue weighted by molar-refractivity contribution is 5.93. The number of amides is 2. The average Bonchev–Trinajstić information content (AvgIpc) is 2.95. The van der Waals surface area contributed by atoms with Crippen molar-refractivity contribution in [1.29, 1.82) is 0 Å². The van der Waals surface area contributed by atoms with E-state index in [9.17, 15) is 4.79 Å². The second kappa shape index (κ2) is 5.34. The van der Waals surface area contributed by atoms with Crippen molar-refractivity contribution in [2.24, 2.45) is 0 Å². The predicted molar refractivity (Wildman–Crippen MR) is 87.8 cm³/mol. The SMILES string of the molecule is O=C1NCCN1c1cnn(C2CN(Cc3cncn3C3CC3)C2)c1. The van der Waals surface area contributed by atoms with E-state index < -0.39 is 0 Å². The van der Waals surface area contributed by atoms with Gasteiger partial charge in [0.2, 0.25) is 0 Å². The molecule has 8 nitrogen and oxygen atoms in total. The number of urea groups is 1. The molecule has 0 unspecified atom stereocenters. The molecule has 2 saturated heterocycles. The van der Waals surface area contributed by atoms with Crippen LogP contribution in [0.1, 0.15) is 30.6 Å². The molecule has 0 radical (unpaired) electrons. The molecule has 3 aliphatic rings. The number of likely N-dealkylation sites (tertiary alicyclic amines) is 1. The first-order valence-electron chi connectivity index (χ1n) is 8.60. The molecule has 1 aliphatic carbocycles. The molecule has 1 saturated carbocycles. The Morgan fingerprint density at radius 2 is 2.08 bits per heavy atom. The summed E-state index contributed by atoms with van der Waals surface area (Å²) in [7, 11) is 0. The number of imidazole rings is 1. The zero-order valence-corrected chi connectivity index (χ0v) is 13.5. The average molecular weight is 327 g/mol. The lowest BCUT2D eigenvalue weighted by Crippen LogP contribution is -2.47. The Morgan fingerprint density at radius 3 is 2.83 bits per heavy atom. The Labute approximate surface area is 140 Å². The van der Waals surface area contributed by atoms with Gasteiger partial charge in [-0.3, -0.25) is 14.5 Å². The third-order valence-corrected chi connectivity index (χ3v) is 5.14. The molecular weight excluding hydrogens is 306 g/mol. The second-order valence-electron chi connectivity index (χ2n) is 6.93. The van der Waals surface area contributed by atoms with Gasteiger partial charge in [-0.05, 0) is 12.8 Å². The fraction of sp³-hybridized carbons (Fsp3) is 0.562. The van der Waals surface area contributed by atoms with Crippen LogP contribution in [0.25, 0.3) is 0 Å². The second-order valence-corrected chi connectivity index (χ2v) is 6.93. The molecule has 2 aliphatic heterocycles. The van der Waals surface area contributed by atoms with Crippen LogP contribution in [0.4, 0.5) is 10.5 Å². The van der Waals surface area contributed by atoms with Crippen molar-refractivity contribution in [2.75, 3.05) is 31.1 Å². The highest BCUT2D eigenvalue weighted by Crippen LogP contribution is 2.36. The number of nitrogens with zero attached hydrogens (tertiary/aromatic N) is 6. The number of aromatic nitrogens is 4. The third kappa shape index (κ3) is 2.37. The maximum absolute atomic E-state index is 11.7. The van der Waals surface area contributed by atoms with Crippen molar-refractivity contribution in [3.8, 4) is 0 Å². The van der Waals surface area contributed by atoms with Crippen molar-refractivity contribution in [2.45, 2.75) is 31.5 Å².